The van der Waals surface area contributed by atoms with Gasteiger partial charge in [-0.15, -0.1) is 0 Å². The number of nitrogen functional groups attached to an aromatic ring is 1. The first kappa shape index (κ1) is 13.6. The maximum Gasteiger partial charge on any atom is 0.223 e. The lowest BCUT2D eigenvalue weighted by Crippen LogP contribution is -2.03. The van der Waals surface area contributed by atoms with Crippen molar-refractivity contribution in [3.8, 4) is 17.7 Å². The van der Waals surface area contributed by atoms with Crippen LogP contribution >= 0.6 is 0 Å². The van der Waals surface area contributed by atoms with E-state index in [4.69, 9.17) is 15.7 Å². The fraction of sp³-hybridized carbons (Fsp3) is 0.214. The van der Waals surface area contributed by atoms with Gasteiger partial charge in [0.1, 0.15) is 5.75 Å². The van der Waals surface area contributed by atoms with Crippen molar-refractivity contribution in [1.29, 1.82) is 5.26 Å². The number of hydrogen-bond acceptors (Lipinski definition) is 6. The number of ether oxygens (including phenoxy) is 1. The SMILES string of the molecule is COc1cc(C#N)ccc1Cc1c(C)nc(N)nc1O. The van der Waals surface area contributed by atoms with Crippen molar-refractivity contribution in [2.24, 2.45) is 0 Å². The van der Waals surface area contributed by atoms with Gasteiger partial charge in [-0.3, -0.25) is 0 Å². The molecule has 1 aromatic heterocycles. The summed E-state index contributed by atoms with van der Waals surface area (Å²) in [6.45, 7) is 1.75. The van der Waals surface area contributed by atoms with E-state index in [2.05, 4.69) is 16.0 Å². The Morgan fingerprint density at radius 2 is 2.15 bits per heavy atom. The molecule has 0 bridgehead atoms. The molecule has 0 fully saturated rings. The molecule has 2 aromatic rings. The van der Waals surface area contributed by atoms with Gasteiger partial charge in [0.2, 0.25) is 11.8 Å². The minimum absolute atomic E-state index is 0.0375. The third kappa shape index (κ3) is 2.62. The minimum atomic E-state index is -0.138. The molecule has 0 aliphatic rings. The molecule has 0 atom stereocenters. The summed E-state index contributed by atoms with van der Waals surface area (Å²) in [6, 6.07) is 7.19. The van der Waals surface area contributed by atoms with E-state index >= 15 is 0 Å². The Morgan fingerprint density at radius 1 is 1.40 bits per heavy atom. The molecule has 6 nitrogen and oxygen atoms in total. The Labute approximate surface area is 116 Å². The number of aromatic hydroxyl groups is 1. The van der Waals surface area contributed by atoms with Crippen molar-refractivity contribution in [1.82, 2.24) is 9.97 Å². The summed E-state index contributed by atoms with van der Waals surface area (Å²) in [7, 11) is 1.53. The smallest absolute Gasteiger partial charge is 0.223 e. The number of anilines is 1. The van der Waals surface area contributed by atoms with E-state index in [-0.39, 0.29) is 11.8 Å². The lowest BCUT2D eigenvalue weighted by molar-refractivity contribution is 0.409. The second-order valence-corrected chi connectivity index (χ2v) is 4.28. The lowest BCUT2D eigenvalue weighted by atomic mass is 10.0. The maximum atomic E-state index is 9.87. The lowest BCUT2D eigenvalue weighted by Gasteiger charge is -2.11. The highest BCUT2D eigenvalue weighted by molar-refractivity contribution is 5.47. The molecular formula is C14H14N4O2. The molecule has 1 aromatic carbocycles. The third-order valence-electron chi connectivity index (χ3n) is 2.99. The number of nitrogens with two attached hydrogens (primary N) is 1. The number of nitrogens with zero attached hydrogens (tertiary/aromatic N) is 3. The molecule has 20 heavy (non-hydrogen) atoms. The van der Waals surface area contributed by atoms with Crippen LogP contribution in [0.1, 0.15) is 22.4 Å². The van der Waals surface area contributed by atoms with Crippen molar-refractivity contribution in [2.45, 2.75) is 13.3 Å². The molecule has 0 unspecified atom stereocenters. The van der Waals surface area contributed by atoms with Gasteiger partial charge in [-0.1, -0.05) is 6.07 Å². The molecule has 0 aliphatic heterocycles. The van der Waals surface area contributed by atoms with Crippen LogP contribution < -0.4 is 10.5 Å². The molecule has 0 aliphatic carbocycles. The van der Waals surface area contributed by atoms with Gasteiger partial charge in [0, 0.05) is 12.0 Å². The van der Waals surface area contributed by atoms with Crippen LogP contribution in [-0.4, -0.2) is 22.2 Å². The number of methoxy groups -OCH3 is 1. The molecule has 0 amide bonds. The molecule has 6 heteroatoms. The average Bonchev–Trinajstić information content (AvgIpc) is 2.42. The van der Waals surface area contributed by atoms with Crippen LogP contribution in [-0.2, 0) is 6.42 Å². The average molecular weight is 270 g/mol. The van der Waals surface area contributed by atoms with Gasteiger partial charge in [-0.25, -0.2) is 4.98 Å². The Morgan fingerprint density at radius 3 is 2.75 bits per heavy atom. The van der Waals surface area contributed by atoms with Gasteiger partial charge in [0.25, 0.3) is 0 Å². The normalized spacial score (nSPS) is 10.1. The molecular weight excluding hydrogens is 256 g/mol. The summed E-state index contributed by atoms with van der Waals surface area (Å²) < 4.78 is 5.27. The van der Waals surface area contributed by atoms with Gasteiger partial charge in [-0.05, 0) is 24.6 Å². The predicted octanol–water partition coefficient (Wildman–Crippen LogP) is 1.54. The third-order valence-corrected chi connectivity index (χ3v) is 2.99. The van der Waals surface area contributed by atoms with Gasteiger partial charge < -0.3 is 15.6 Å². The number of aryl methyl sites for hydroxylation is 1. The van der Waals surface area contributed by atoms with Crippen LogP contribution in [0.5, 0.6) is 11.6 Å². The van der Waals surface area contributed by atoms with Gasteiger partial charge >= 0.3 is 0 Å². The first-order valence-corrected chi connectivity index (χ1v) is 5.94. The maximum absolute atomic E-state index is 9.87. The van der Waals surface area contributed by atoms with Gasteiger partial charge in [-0.2, -0.15) is 10.2 Å². The molecule has 2 rings (SSSR count). The van der Waals surface area contributed by atoms with E-state index in [9.17, 15) is 5.11 Å². The largest absolute Gasteiger partial charge is 0.496 e. The predicted molar refractivity (Wildman–Crippen MR) is 73.4 cm³/mol. The first-order valence-electron chi connectivity index (χ1n) is 5.94. The molecule has 0 radical (unpaired) electrons. The number of nitriles is 1. The van der Waals surface area contributed by atoms with Crippen LogP contribution in [0, 0.1) is 18.3 Å². The van der Waals surface area contributed by atoms with Crippen molar-refractivity contribution in [3.05, 3.63) is 40.6 Å². The standard InChI is InChI=1S/C14H14N4O2/c1-8-11(13(19)18-14(16)17-8)6-10-4-3-9(7-15)5-12(10)20-2/h3-5H,6H2,1-2H3,(H3,16,17,18,19). The van der Waals surface area contributed by atoms with E-state index in [1.165, 1.54) is 7.11 Å². The number of rotatable bonds is 3. The Bertz CT molecular complexity index is 669. The van der Waals surface area contributed by atoms with E-state index in [0.717, 1.165) is 5.56 Å². The van der Waals surface area contributed by atoms with E-state index < -0.39 is 0 Å². The van der Waals surface area contributed by atoms with Gasteiger partial charge in [0.15, 0.2) is 0 Å². The van der Waals surface area contributed by atoms with Crippen LogP contribution in [0.15, 0.2) is 18.2 Å². The highest BCUT2D eigenvalue weighted by atomic mass is 16.5. The summed E-state index contributed by atoms with van der Waals surface area (Å²) in [5.74, 6) is 0.483. The van der Waals surface area contributed by atoms with Crippen LogP contribution in [0.4, 0.5) is 5.95 Å². The van der Waals surface area contributed by atoms with Crippen molar-refractivity contribution in [3.63, 3.8) is 0 Å². The number of hydrogen-bond donors (Lipinski definition) is 2. The van der Waals surface area contributed by atoms with Crippen LogP contribution in [0.25, 0.3) is 0 Å². The second-order valence-electron chi connectivity index (χ2n) is 4.28. The second kappa shape index (κ2) is 5.45. The summed E-state index contributed by atoms with van der Waals surface area (Å²) >= 11 is 0. The minimum Gasteiger partial charge on any atom is -0.496 e. The number of aromatic nitrogens is 2. The highest BCUT2D eigenvalue weighted by Crippen LogP contribution is 2.27. The topological polar surface area (TPSA) is 105 Å². The summed E-state index contributed by atoms with van der Waals surface area (Å²) in [5.41, 5.74) is 8.02. The Hall–Kier alpha value is -2.81. The van der Waals surface area contributed by atoms with Crippen molar-refractivity contribution < 1.29 is 9.84 Å². The molecule has 0 saturated carbocycles. The zero-order valence-corrected chi connectivity index (χ0v) is 11.2. The molecule has 0 spiro atoms. The fourth-order valence-corrected chi connectivity index (χ4v) is 1.96. The molecule has 3 N–H and O–H groups in total. The first-order chi connectivity index (χ1) is 9.55. The summed E-state index contributed by atoms with van der Waals surface area (Å²) in [5, 5.41) is 18.8. The zero-order chi connectivity index (χ0) is 14.7. The molecule has 102 valence electrons. The molecule has 1 heterocycles. The summed E-state index contributed by atoms with van der Waals surface area (Å²) in [6.07, 6.45) is 0.396. The van der Waals surface area contributed by atoms with Crippen molar-refractivity contribution in [2.75, 3.05) is 12.8 Å². The van der Waals surface area contributed by atoms with Crippen LogP contribution in [0.2, 0.25) is 0 Å². The Kier molecular flexibility index (Phi) is 3.71. The fourth-order valence-electron chi connectivity index (χ4n) is 1.96. The van der Waals surface area contributed by atoms with E-state index in [0.29, 0.717) is 29.0 Å². The van der Waals surface area contributed by atoms with Gasteiger partial charge in [0.05, 0.1) is 24.4 Å². The molecule has 0 saturated heterocycles. The Balaban J connectivity index is 2.43. The zero-order valence-electron chi connectivity index (χ0n) is 11.2. The highest BCUT2D eigenvalue weighted by Gasteiger charge is 2.13. The van der Waals surface area contributed by atoms with Crippen molar-refractivity contribution >= 4 is 5.95 Å². The van der Waals surface area contributed by atoms with E-state index in [1.807, 2.05) is 0 Å². The van der Waals surface area contributed by atoms with Crippen LogP contribution in [0.3, 0.4) is 0 Å². The number of benzene rings is 1. The monoisotopic (exact) mass is 270 g/mol. The quantitative estimate of drug-likeness (QED) is 0.876. The van der Waals surface area contributed by atoms with E-state index in [1.54, 1.807) is 25.1 Å². The summed E-state index contributed by atoms with van der Waals surface area (Å²) in [4.78, 5) is 7.78.